The van der Waals surface area contributed by atoms with E-state index in [-0.39, 0.29) is 0 Å². The Morgan fingerprint density at radius 3 is 2.35 bits per heavy atom. The second kappa shape index (κ2) is 6.27. The van der Waals surface area contributed by atoms with Crippen LogP contribution in [0.4, 0.5) is 0 Å². The first-order valence-electron chi connectivity index (χ1n) is 7.41. The maximum absolute atomic E-state index is 11.5. The zero-order valence-electron chi connectivity index (χ0n) is 12.2. The van der Waals surface area contributed by atoms with Gasteiger partial charge in [-0.25, -0.2) is 8.42 Å². The van der Waals surface area contributed by atoms with Gasteiger partial charge in [-0.3, -0.25) is 0 Å². The number of aliphatic hydroxyl groups is 1. The lowest BCUT2D eigenvalue weighted by Gasteiger charge is -2.34. The standard InChI is InChI=1S/C16H24O3S/c1-3-12-6-4-5-7-15(12)16(17)13-8-10-14(11-9-13)20(2,18)19/h8-12,15-17H,3-7H2,1-2H3. The molecule has 4 heteroatoms. The van der Waals surface area contributed by atoms with Crippen molar-refractivity contribution in [3.8, 4) is 0 Å². The number of aliphatic hydroxyl groups excluding tert-OH is 1. The summed E-state index contributed by atoms with van der Waals surface area (Å²) < 4.78 is 22.9. The normalized spacial score (nSPS) is 25.4. The molecule has 1 N–H and O–H groups in total. The molecule has 0 heterocycles. The maximum Gasteiger partial charge on any atom is 0.175 e. The van der Waals surface area contributed by atoms with Gasteiger partial charge >= 0.3 is 0 Å². The maximum atomic E-state index is 11.5. The molecule has 0 spiro atoms. The fourth-order valence-electron chi connectivity index (χ4n) is 3.32. The molecule has 0 aliphatic heterocycles. The largest absolute Gasteiger partial charge is 0.388 e. The molecule has 3 nitrogen and oxygen atoms in total. The Morgan fingerprint density at radius 1 is 1.20 bits per heavy atom. The van der Waals surface area contributed by atoms with E-state index in [1.54, 1.807) is 24.3 Å². The fraction of sp³-hybridized carbons (Fsp3) is 0.625. The van der Waals surface area contributed by atoms with E-state index in [2.05, 4.69) is 6.92 Å². The molecule has 3 unspecified atom stereocenters. The molecule has 0 aromatic heterocycles. The highest BCUT2D eigenvalue weighted by atomic mass is 32.2. The van der Waals surface area contributed by atoms with Gasteiger partial charge in [0.1, 0.15) is 0 Å². The molecule has 1 fully saturated rings. The summed E-state index contributed by atoms with van der Waals surface area (Å²) in [5.74, 6) is 0.881. The lowest BCUT2D eigenvalue weighted by Crippen LogP contribution is -2.25. The number of benzene rings is 1. The summed E-state index contributed by atoms with van der Waals surface area (Å²) in [7, 11) is -3.17. The van der Waals surface area contributed by atoms with Crippen molar-refractivity contribution in [1.29, 1.82) is 0 Å². The molecule has 1 aliphatic carbocycles. The van der Waals surface area contributed by atoms with Crippen molar-refractivity contribution in [2.45, 2.75) is 50.0 Å². The number of sulfone groups is 1. The van der Waals surface area contributed by atoms with Crippen molar-refractivity contribution in [3.05, 3.63) is 29.8 Å². The quantitative estimate of drug-likeness (QED) is 0.927. The molecule has 0 amide bonds. The van der Waals surface area contributed by atoms with Gasteiger partial charge in [0, 0.05) is 6.26 Å². The van der Waals surface area contributed by atoms with Crippen LogP contribution in [-0.2, 0) is 9.84 Å². The zero-order chi connectivity index (χ0) is 14.8. The zero-order valence-corrected chi connectivity index (χ0v) is 13.1. The molecule has 0 bridgehead atoms. The van der Waals surface area contributed by atoms with Crippen LogP contribution >= 0.6 is 0 Å². The molecule has 112 valence electrons. The van der Waals surface area contributed by atoms with E-state index in [9.17, 15) is 13.5 Å². The van der Waals surface area contributed by atoms with Gasteiger partial charge in [-0.15, -0.1) is 0 Å². The van der Waals surface area contributed by atoms with Crippen LogP contribution in [-0.4, -0.2) is 19.8 Å². The van der Waals surface area contributed by atoms with Crippen molar-refractivity contribution in [2.75, 3.05) is 6.26 Å². The minimum Gasteiger partial charge on any atom is -0.388 e. The van der Waals surface area contributed by atoms with Crippen LogP contribution in [0.15, 0.2) is 29.2 Å². The first-order chi connectivity index (χ1) is 9.43. The minimum atomic E-state index is -3.17. The molecular weight excluding hydrogens is 272 g/mol. The predicted octanol–water partition coefficient (Wildman–Crippen LogP) is 3.34. The molecule has 1 saturated carbocycles. The van der Waals surface area contributed by atoms with Crippen molar-refractivity contribution < 1.29 is 13.5 Å². The molecule has 2 rings (SSSR count). The van der Waals surface area contributed by atoms with Crippen LogP contribution in [0, 0.1) is 11.8 Å². The average molecular weight is 296 g/mol. The van der Waals surface area contributed by atoms with Gasteiger partial charge in [0.15, 0.2) is 9.84 Å². The molecule has 1 aromatic carbocycles. The van der Waals surface area contributed by atoms with Gasteiger partial charge in [-0.1, -0.05) is 44.7 Å². The Morgan fingerprint density at radius 2 is 1.80 bits per heavy atom. The van der Waals surface area contributed by atoms with Gasteiger partial charge in [0.05, 0.1) is 11.0 Å². The first kappa shape index (κ1) is 15.5. The molecular formula is C16H24O3S. The third-order valence-corrected chi connectivity index (χ3v) is 5.68. The van der Waals surface area contributed by atoms with E-state index in [0.717, 1.165) is 18.4 Å². The summed E-state index contributed by atoms with van der Waals surface area (Å²) in [6.45, 7) is 2.18. The van der Waals surface area contributed by atoms with Crippen LogP contribution in [0.25, 0.3) is 0 Å². The molecule has 0 saturated heterocycles. The lowest BCUT2D eigenvalue weighted by molar-refractivity contribution is 0.0451. The monoisotopic (exact) mass is 296 g/mol. The summed E-state index contributed by atoms with van der Waals surface area (Å²) in [4.78, 5) is 0.309. The van der Waals surface area contributed by atoms with E-state index < -0.39 is 15.9 Å². The smallest absolute Gasteiger partial charge is 0.175 e. The highest BCUT2D eigenvalue weighted by Gasteiger charge is 2.30. The minimum absolute atomic E-state index is 0.304. The van der Waals surface area contributed by atoms with Gasteiger partial charge in [0.25, 0.3) is 0 Å². The Labute approximate surface area is 121 Å². The van der Waals surface area contributed by atoms with Crippen molar-refractivity contribution in [3.63, 3.8) is 0 Å². The van der Waals surface area contributed by atoms with Crippen LogP contribution < -0.4 is 0 Å². The van der Waals surface area contributed by atoms with Crippen LogP contribution in [0.1, 0.15) is 50.7 Å². The molecule has 0 radical (unpaired) electrons. The van der Waals surface area contributed by atoms with Crippen molar-refractivity contribution in [1.82, 2.24) is 0 Å². The second-order valence-electron chi connectivity index (χ2n) is 5.90. The van der Waals surface area contributed by atoms with E-state index >= 15 is 0 Å². The predicted molar refractivity (Wildman–Crippen MR) is 80.3 cm³/mol. The lowest BCUT2D eigenvalue weighted by atomic mass is 9.73. The van der Waals surface area contributed by atoms with Gasteiger partial charge in [-0.2, -0.15) is 0 Å². The van der Waals surface area contributed by atoms with Gasteiger partial charge in [0.2, 0.25) is 0 Å². The summed E-state index contributed by atoms with van der Waals surface area (Å²) in [5, 5.41) is 10.6. The Kier molecular flexibility index (Phi) is 4.86. The number of rotatable bonds is 4. The van der Waals surface area contributed by atoms with Gasteiger partial charge < -0.3 is 5.11 Å². The summed E-state index contributed by atoms with van der Waals surface area (Å²) in [6.07, 6.45) is 6.52. The number of hydrogen-bond acceptors (Lipinski definition) is 3. The third-order valence-electron chi connectivity index (χ3n) is 4.55. The van der Waals surface area contributed by atoms with E-state index in [0.29, 0.717) is 16.7 Å². The average Bonchev–Trinajstić information content (AvgIpc) is 2.45. The Hall–Kier alpha value is -0.870. The fourth-order valence-corrected chi connectivity index (χ4v) is 3.95. The Bertz CT molecular complexity index is 533. The van der Waals surface area contributed by atoms with Crippen molar-refractivity contribution in [2.24, 2.45) is 11.8 Å². The summed E-state index contributed by atoms with van der Waals surface area (Å²) in [5.41, 5.74) is 0.836. The van der Waals surface area contributed by atoms with E-state index in [1.807, 2.05) is 0 Å². The van der Waals surface area contributed by atoms with Crippen LogP contribution in [0.5, 0.6) is 0 Å². The van der Waals surface area contributed by atoms with E-state index in [4.69, 9.17) is 0 Å². The van der Waals surface area contributed by atoms with Crippen LogP contribution in [0.2, 0.25) is 0 Å². The number of hydrogen-bond donors (Lipinski definition) is 1. The van der Waals surface area contributed by atoms with Crippen LogP contribution in [0.3, 0.4) is 0 Å². The molecule has 20 heavy (non-hydrogen) atoms. The van der Waals surface area contributed by atoms with Gasteiger partial charge in [-0.05, 0) is 36.0 Å². The highest BCUT2D eigenvalue weighted by molar-refractivity contribution is 7.90. The summed E-state index contributed by atoms with van der Waals surface area (Å²) in [6, 6.07) is 6.69. The molecule has 1 aromatic rings. The second-order valence-corrected chi connectivity index (χ2v) is 7.92. The summed E-state index contributed by atoms with van der Waals surface area (Å²) >= 11 is 0. The third kappa shape index (κ3) is 3.41. The molecule has 3 atom stereocenters. The Balaban J connectivity index is 2.18. The SMILES string of the molecule is CCC1CCCCC1C(O)c1ccc(S(C)(=O)=O)cc1. The van der Waals surface area contributed by atoms with E-state index in [1.165, 1.54) is 25.5 Å². The molecule has 1 aliphatic rings. The highest BCUT2D eigenvalue weighted by Crippen LogP contribution is 2.40. The van der Waals surface area contributed by atoms with Crippen molar-refractivity contribution >= 4 is 9.84 Å². The first-order valence-corrected chi connectivity index (χ1v) is 9.30. The topological polar surface area (TPSA) is 54.4 Å².